The normalized spacial score (nSPS) is 13.1. The molecule has 0 aliphatic carbocycles. The molecular formula is C14H26N4O2. The van der Waals surface area contributed by atoms with Crippen molar-refractivity contribution in [3.8, 4) is 0 Å². The van der Waals surface area contributed by atoms with Crippen LogP contribution in [0.1, 0.15) is 34.1 Å². The molecule has 1 aromatic rings. The van der Waals surface area contributed by atoms with Gasteiger partial charge in [-0.15, -0.1) is 0 Å². The smallest absolute Gasteiger partial charge is 0.242 e. The molecule has 0 aliphatic heterocycles. The summed E-state index contributed by atoms with van der Waals surface area (Å²) in [5.41, 5.74) is -0.230. The van der Waals surface area contributed by atoms with E-state index in [4.69, 9.17) is 4.74 Å². The Balaban J connectivity index is 2.45. The van der Waals surface area contributed by atoms with Crippen LogP contribution >= 0.6 is 0 Å². The fourth-order valence-corrected chi connectivity index (χ4v) is 1.70. The Morgan fingerprint density at radius 2 is 2.20 bits per heavy atom. The van der Waals surface area contributed by atoms with E-state index in [9.17, 15) is 4.79 Å². The molecule has 20 heavy (non-hydrogen) atoms. The summed E-state index contributed by atoms with van der Waals surface area (Å²) in [6.45, 7) is 9.22. The van der Waals surface area contributed by atoms with Crippen LogP contribution in [-0.2, 0) is 16.1 Å². The Morgan fingerprint density at radius 3 is 2.80 bits per heavy atom. The Hall–Kier alpha value is -1.56. The molecule has 0 spiro atoms. The van der Waals surface area contributed by atoms with Crippen molar-refractivity contribution in [2.24, 2.45) is 0 Å². The minimum absolute atomic E-state index is 0.0357. The number of carbonyl (C=O) groups excluding carboxylic acids is 1. The van der Waals surface area contributed by atoms with E-state index in [1.807, 2.05) is 44.6 Å². The number of anilines is 1. The summed E-state index contributed by atoms with van der Waals surface area (Å²) in [6, 6.07) is 1.55. The highest BCUT2D eigenvalue weighted by molar-refractivity contribution is 5.84. The van der Waals surface area contributed by atoms with Crippen LogP contribution in [0, 0.1) is 0 Å². The monoisotopic (exact) mass is 282 g/mol. The van der Waals surface area contributed by atoms with Crippen molar-refractivity contribution in [1.29, 1.82) is 0 Å². The van der Waals surface area contributed by atoms with Gasteiger partial charge >= 0.3 is 0 Å². The van der Waals surface area contributed by atoms with E-state index in [0.29, 0.717) is 12.4 Å². The zero-order valence-corrected chi connectivity index (χ0v) is 13.1. The van der Waals surface area contributed by atoms with E-state index in [1.54, 1.807) is 7.11 Å². The quantitative estimate of drug-likeness (QED) is 0.746. The van der Waals surface area contributed by atoms with Crippen molar-refractivity contribution in [3.63, 3.8) is 0 Å². The van der Waals surface area contributed by atoms with Crippen molar-refractivity contribution < 1.29 is 9.53 Å². The van der Waals surface area contributed by atoms with Crippen LogP contribution in [0.3, 0.4) is 0 Å². The molecule has 0 aromatic carbocycles. The fraction of sp³-hybridized carbons (Fsp3) is 0.714. The molecule has 1 amide bonds. The maximum Gasteiger partial charge on any atom is 0.242 e. The maximum absolute atomic E-state index is 12.0. The average Bonchev–Trinajstić information content (AvgIpc) is 2.75. The zero-order valence-electron chi connectivity index (χ0n) is 13.1. The van der Waals surface area contributed by atoms with Gasteiger partial charge in [0, 0.05) is 38.1 Å². The first kappa shape index (κ1) is 16.5. The molecule has 1 heterocycles. The van der Waals surface area contributed by atoms with Gasteiger partial charge in [0.05, 0.1) is 0 Å². The van der Waals surface area contributed by atoms with Gasteiger partial charge in [0.25, 0.3) is 0 Å². The molecule has 0 radical (unpaired) electrons. The molecule has 6 heteroatoms. The number of nitrogens with one attached hydrogen (secondary N) is 2. The number of rotatable bonds is 7. The highest BCUT2D eigenvalue weighted by atomic mass is 16.5. The lowest BCUT2D eigenvalue weighted by molar-refractivity contribution is -0.122. The molecule has 6 nitrogen and oxygen atoms in total. The van der Waals surface area contributed by atoms with Gasteiger partial charge in [-0.2, -0.15) is 5.10 Å². The Kier molecular flexibility index (Phi) is 6.01. The van der Waals surface area contributed by atoms with Crippen LogP contribution < -0.4 is 10.6 Å². The first-order valence-electron chi connectivity index (χ1n) is 6.93. The third kappa shape index (κ3) is 6.06. The number of hydrogen-bond acceptors (Lipinski definition) is 4. The van der Waals surface area contributed by atoms with Gasteiger partial charge in [0.15, 0.2) is 0 Å². The van der Waals surface area contributed by atoms with Gasteiger partial charge in [0.2, 0.25) is 5.91 Å². The lowest BCUT2D eigenvalue weighted by atomic mass is 10.1. The maximum atomic E-state index is 12.0. The second-order valence-corrected chi connectivity index (χ2v) is 5.92. The molecule has 0 bridgehead atoms. The molecule has 0 aliphatic rings. The number of methoxy groups -OCH3 is 1. The number of amides is 1. The molecule has 0 fully saturated rings. The van der Waals surface area contributed by atoms with Gasteiger partial charge in [-0.25, -0.2) is 0 Å². The third-order valence-electron chi connectivity index (χ3n) is 2.63. The fourth-order valence-electron chi connectivity index (χ4n) is 1.70. The van der Waals surface area contributed by atoms with Crippen molar-refractivity contribution in [2.75, 3.05) is 19.0 Å². The second kappa shape index (κ2) is 7.28. The molecule has 2 N–H and O–H groups in total. The Morgan fingerprint density at radius 1 is 1.50 bits per heavy atom. The third-order valence-corrected chi connectivity index (χ3v) is 2.63. The van der Waals surface area contributed by atoms with Gasteiger partial charge in [0.1, 0.15) is 11.9 Å². The molecule has 0 saturated carbocycles. The first-order valence-corrected chi connectivity index (χ1v) is 6.93. The van der Waals surface area contributed by atoms with Gasteiger partial charge < -0.3 is 15.4 Å². The molecule has 1 rings (SSSR count). The molecule has 0 saturated heterocycles. The van der Waals surface area contributed by atoms with Gasteiger partial charge in [-0.3, -0.25) is 9.48 Å². The molecule has 114 valence electrons. The highest BCUT2D eigenvalue weighted by Gasteiger charge is 2.19. The summed E-state index contributed by atoms with van der Waals surface area (Å²) in [5.74, 6) is 0.672. The Bertz CT molecular complexity index is 423. The van der Waals surface area contributed by atoms with Crippen LogP contribution in [0.15, 0.2) is 12.3 Å². The Labute approximate surface area is 120 Å². The topological polar surface area (TPSA) is 68.2 Å². The van der Waals surface area contributed by atoms with Crippen molar-refractivity contribution in [2.45, 2.75) is 52.2 Å². The van der Waals surface area contributed by atoms with Crippen LogP contribution in [0.4, 0.5) is 5.82 Å². The van der Waals surface area contributed by atoms with E-state index in [0.717, 1.165) is 13.0 Å². The van der Waals surface area contributed by atoms with E-state index in [1.165, 1.54) is 0 Å². The van der Waals surface area contributed by atoms with E-state index < -0.39 is 0 Å². The van der Waals surface area contributed by atoms with Crippen molar-refractivity contribution in [1.82, 2.24) is 15.1 Å². The van der Waals surface area contributed by atoms with Crippen LogP contribution in [0.2, 0.25) is 0 Å². The lowest BCUT2D eigenvalue weighted by Crippen LogP contribution is -2.47. The average molecular weight is 282 g/mol. The minimum atomic E-state index is -0.323. The largest absolute Gasteiger partial charge is 0.385 e. The summed E-state index contributed by atoms with van der Waals surface area (Å²) in [4.78, 5) is 12.0. The number of carbonyl (C=O) groups is 1. The van der Waals surface area contributed by atoms with Crippen LogP contribution in [-0.4, -0.2) is 41.0 Å². The number of nitrogens with zero attached hydrogens (tertiary/aromatic N) is 2. The predicted molar refractivity (Wildman–Crippen MR) is 79.7 cm³/mol. The number of hydrogen-bond donors (Lipinski definition) is 2. The predicted octanol–water partition coefficient (Wildman–Crippen LogP) is 1.63. The summed E-state index contributed by atoms with van der Waals surface area (Å²) in [5, 5.41) is 10.4. The summed E-state index contributed by atoms with van der Waals surface area (Å²) in [6.07, 6.45) is 2.81. The van der Waals surface area contributed by atoms with Crippen molar-refractivity contribution in [3.05, 3.63) is 12.3 Å². The van der Waals surface area contributed by atoms with E-state index in [2.05, 4.69) is 15.7 Å². The second-order valence-electron chi connectivity index (χ2n) is 5.92. The lowest BCUT2D eigenvalue weighted by Gasteiger charge is -2.23. The number of ether oxygens (including phenoxy) is 1. The summed E-state index contributed by atoms with van der Waals surface area (Å²) < 4.78 is 6.85. The molecule has 1 aromatic heterocycles. The zero-order chi connectivity index (χ0) is 15.2. The standard InChI is InChI=1S/C14H26N4O2/c1-11(13(19)16-14(2,3)4)15-12-7-9-18(17-12)8-6-10-20-5/h7,9,11H,6,8,10H2,1-5H3,(H,15,17)(H,16,19). The van der Waals surface area contributed by atoms with Gasteiger partial charge in [-0.05, 0) is 34.1 Å². The van der Waals surface area contributed by atoms with Crippen molar-refractivity contribution >= 4 is 11.7 Å². The summed E-state index contributed by atoms with van der Waals surface area (Å²) in [7, 11) is 1.69. The number of aryl methyl sites for hydroxylation is 1. The number of aromatic nitrogens is 2. The van der Waals surface area contributed by atoms with Crippen LogP contribution in [0.25, 0.3) is 0 Å². The minimum Gasteiger partial charge on any atom is -0.385 e. The molecular weight excluding hydrogens is 256 g/mol. The van der Waals surface area contributed by atoms with Crippen LogP contribution in [0.5, 0.6) is 0 Å². The highest BCUT2D eigenvalue weighted by Crippen LogP contribution is 2.07. The molecule has 1 unspecified atom stereocenters. The van der Waals surface area contributed by atoms with E-state index in [-0.39, 0.29) is 17.5 Å². The SMILES string of the molecule is COCCCn1ccc(NC(C)C(=O)NC(C)(C)C)n1. The summed E-state index contributed by atoms with van der Waals surface area (Å²) >= 11 is 0. The molecule has 1 atom stereocenters. The first-order chi connectivity index (χ1) is 9.31. The van der Waals surface area contributed by atoms with Gasteiger partial charge in [-0.1, -0.05) is 0 Å². The van der Waals surface area contributed by atoms with E-state index >= 15 is 0 Å².